The molecule has 1 aliphatic heterocycles. The number of hydrogen-bond donors (Lipinski definition) is 4. The molecule has 2 aromatic heterocycles. The summed E-state index contributed by atoms with van der Waals surface area (Å²) in [4.78, 5) is 24.1. The lowest BCUT2D eigenvalue weighted by atomic mass is 10.0. The van der Waals surface area contributed by atoms with Crippen molar-refractivity contribution in [3.8, 4) is 69.3 Å². The number of fused-ring (bicyclic) bond motifs is 2. The Morgan fingerprint density at radius 2 is 1.46 bits per heavy atom. The number of ether oxygens (including phenoxy) is 3. The number of aliphatic hydroxyl groups excluding tert-OH is 1. The highest BCUT2D eigenvalue weighted by atomic mass is 16.6. The third-order valence-electron chi connectivity index (χ3n) is 12.7. The van der Waals surface area contributed by atoms with Gasteiger partial charge in [0, 0.05) is 73.5 Å². The zero-order valence-electron chi connectivity index (χ0n) is 38.3. The lowest BCUT2D eigenvalue weighted by molar-refractivity contribution is 0.116. The van der Waals surface area contributed by atoms with Gasteiger partial charge in [0.25, 0.3) is 11.8 Å². The van der Waals surface area contributed by atoms with Crippen LogP contribution in [0.1, 0.15) is 85.5 Å². The third kappa shape index (κ3) is 10.2. The number of carbonyl (C=O) groups is 1. The van der Waals surface area contributed by atoms with Crippen molar-refractivity contribution in [2.24, 2.45) is 0 Å². The molecule has 0 saturated carbocycles. The van der Waals surface area contributed by atoms with Crippen LogP contribution in [0.3, 0.4) is 0 Å². The lowest BCUT2D eigenvalue weighted by Crippen LogP contribution is -2.53. The molecule has 350 valence electrons. The smallest absolute Gasteiger partial charge is 0.407 e. The molecule has 0 radical (unpaired) electrons. The van der Waals surface area contributed by atoms with Crippen molar-refractivity contribution in [1.29, 1.82) is 10.5 Å². The van der Waals surface area contributed by atoms with Crippen molar-refractivity contribution in [1.82, 2.24) is 41.1 Å². The summed E-state index contributed by atoms with van der Waals surface area (Å²) in [5, 5.41) is 47.8. The molecule has 1 amide bonds. The molecule has 4 N–H and O–H groups in total. The van der Waals surface area contributed by atoms with Gasteiger partial charge in [-0.25, -0.2) is 4.79 Å². The molecule has 3 unspecified atom stereocenters. The van der Waals surface area contributed by atoms with Gasteiger partial charge in [-0.1, -0.05) is 46.7 Å². The maximum atomic E-state index is 12.2. The molecule has 0 spiro atoms. The third-order valence-corrected chi connectivity index (χ3v) is 12.7. The van der Waals surface area contributed by atoms with Crippen molar-refractivity contribution in [2.75, 3.05) is 45.9 Å². The number of rotatable bonds is 17. The number of alkyl carbamates (subject to hydrolysis) is 1. The van der Waals surface area contributed by atoms with Crippen molar-refractivity contribution >= 4 is 6.09 Å². The minimum atomic E-state index is -0.576. The number of benzene rings is 4. The van der Waals surface area contributed by atoms with Crippen molar-refractivity contribution < 1.29 is 33.2 Å². The van der Waals surface area contributed by atoms with Crippen LogP contribution in [0.2, 0.25) is 0 Å². The highest BCUT2D eigenvalue weighted by Crippen LogP contribution is 2.39. The Bertz CT molecular complexity index is 2850. The Labute approximate surface area is 394 Å². The van der Waals surface area contributed by atoms with E-state index in [0.29, 0.717) is 64.1 Å². The van der Waals surface area contributed by atoms with Crippen LogP contribution in [0, 0.1) is 22.7 Å². The van der Waals surface area contributed by atoms with E-state index in [4.69, 9.17) is 38.3 Å². The van der Waals surface area contributed by atoms with E-state index in [1.807, 2.05) is 57.2 Å². The number of aliphatic hydroxyl groups is 1. The molecule has 1 fully saturated rings. The molecule has 4 aromatic carbocycles. The molecule has 9 rings (SSSR count). The largest absolute Gasteiger partial charge is 0.490 e. The van der Waals surface area contributed by atoms with Crippen LogP contribution >= 0.6 is 0 Å². The van der Waals surface area contributed by atoms with Crippen molar-refractivity contribution in [3.63, 3.8) is 0 Å². The maximum Gasteiger partial charge on any atom is 0.407 e. The first-order valence-electron chi connectivity index (χ1n) is 23.2. The first-order valence-corrected chi connectivity index (χ1v) is 23.2. The summed E-state index contributed by atoms with van der Waals surface area (Å²) in [6.45, 7) is 10.0. The van der Waals surface area contributed by atoms with Gasteiger partial charge in [0.1, 0.15) is 30.2 Å². The fraction of sp³-hybridized carbons (Fsp3) is 0.392. The van der Waals surface area contributed by atoms with Crippen LogP contribution in [0.5, 0.6) is 11.5 Å². The van der Waals surface area contributed by atoms with Gasteiger partial charge in [-0.3, -0.25) is 4.90 Å². The molecule has 2 aliphatic carbocycles. The number of nitrogens with zero attached hydrogens (tertiary/aromatic N) is 7. The second kappa shape index (κ2) is 20.8. The monoisotopic (exact) mass is 918 g/mol. The van der Waals surface area contributed by atoms with E-state index in [2.05, 4.69) is 55.4 Å². The van der Waals surface area contributed by atoms with Crippen LogP contribution in [-0.2, 0) is 17.6 Å². The van der Waals surface area contributed by atoms with E-state index in [9.17, 15) is 15.3 Å². The zero-order valence-corrected chi connectivity index (χ0v) is 38.3. The van der Waals surface area contributed by atoms with Gasteiger partial charge in [-0.15, -0.1) is 0 Å². The van der Waals surface area contributed by atoms with Crippen molar-refractivity contribution in [2.45, 2.75) is 83.2 Å². The van der Waals surface area contributed by atoms with Gasteiger partial charge in [-0.05, 0) is 105 Å². The van der Waals surface area contributed by atoms with Gasteiger partial charge in [0.2, 0.25) is 11.6 Å². The number of nitriles is 2. The Hall–Kier alpha value is -7.15. The van der Waals surface area contributed by atoms with Crippen molar-refractivity contribution in [3.05, 3.63) is 106 Å². The minimum Gasteiger partial charge on any atom is -0.490 e. The van der Waals surface area contributed by atoms with E-state index in [1.54, 1.807) is 24.3 Å². The number of nitrogens with one attached hydrogen (secondary N) is 3. The Morgan fingerprint density at radius 1 is 0.853 bits per heavy atom. The first-order chi connectivity index (χ1) is 33.2. The molecular weight excluding hydrogens is 865 g/mol. The first kappa shape index (κ1) is 46.0. The molecule has 1 saturated heterocycles. The van der Waals surface area contributed by atoms with Crippen LogP contribution in [0.4, 0.5) is 4.79 Å². The highest BCUT2D eigenvalue weighted by molar-refractivity contribution is 5.71. The summed E-state index contributed by atoms with van der Waals surface area (Å²) in [5.74, 6) is 2.60. The molecule has 17 nitrogen and oxygen atoms in total. The Balaban J connectivity index is 0.763. The molecule has 4 atom stereocenters. The average Bonchev–Trinajstić information content (AvgIpc) is 4.19. The second-order valence-corrected chi connectivity index (χ2v) is 17.7. The van der Waals surface area contributed by atoms with Crippen LogP contribution < -0.4 is 25.4 Å². The molecular formula is C51H54N10O7. The van der Waals surface area contributed by atoms with E-state index in [-0.39, 0.29) is 49.4 Å². The van der Waals surface area contributed by atoms with Crippen LogP contribution in [0.15, 0.2) is 81.8 Å². The summed E-state index contributed by atoms with van der Waals surface area (Å²) in [5.41, 5.74) is 8.29. The molecule has 68 heavy (non-hydrogen) atoms. The summed E-state index contributed by atoms with van der Waals surface area (Å²) < 4.78 is 28.5. The van der Waals surface area contributed by atoms with Gasteiger partial charge in [0.05, 0.1) is 36.0 Å². The highest BCUT2D eigenvalue weighted by Gasteiger charge is 2.30. The number of carbonyl (C=O) groups excluding carboxylic acids is 1. The van der Waals surface area contributed by atoms with E-state index in [0.717, 1.165) is 74.2 Å². The summed E-state index contributed by atoms with van der Waals surface area (Å²) in [6, 6.07) is 27.4. The van der Waals surface area contributed by atoms with Gasteiger partial charge in [0.15, 0.2) is 0 Å². The van der Waals surface area contributed by atoms with Gasteiger partial charge in [-0.2, -0.15) is 20.5 Å². The fourth-order valence-electron chi connectivity index (χ4n) is 9.59. The lowest BCUT2D eigenvalue weighted by Gasteiger charge is -2.35. The Morgan fingerprint density at radius 3 is 2.06 bits per heavy atom. The number of piperazine rings is 1. The molecule has 17 heteroatoms. The quantitative estimate of drug-likeness (QED) is 0.0717. The van der Waals surface area contributed by atoms with Crippen LogP contribution in [0.25, 0.3) is 45.7 Å². The van der Waals surface area contributed by atoms with Gasteiger partial charge < -0.3 is 44.3 Å². The normalized spacial score (nSPS) is 18.1. The van der Waals surface area contributed by atoms with E-state index in [1.165, 1.54) is 11.1 Å². The zero-order chi connectivity index (χ0) is 47.1. The summed E-state index contributed by atoms with van der Waals surface area (Å²) >= 11 is 0. The second-order valence-electron chi connectivity index (χ2n) is 17.7. The molecule has 6 aromatic rings. The number of hydrogen-bond acceptors (Lipinski definition) is 16. The SMILES string of the molecule is CC(C)Oc1ccc(-c2nc(-c3cccc4c3CCC4NCCN3CCNC(CC(C)Oc4ccc(-c5nc(-c6cccc7c6CC[C@@H]7NC(=O)OCCO)no5)cc4C#N)C3)no2)cc1C#N. The minimum absolute atomic E-state index is 0.0519. The summed E-state index contributed by atoms with van der Waals surface area (Å²) in [7, 11) is 0. The summed E-state index contributed by atoms with van der Waals surface area (Å²) in [6.07, 6.45) is 3.25. The molecule has 0 bridgehead atoms. The molecule has 3 heterocycles. The topological polar surface area (TPSA) is 230 Å². The molecule has 3 aliphatic rings. The Kier molecular flexibility index (Phi) is 14.1. The number of aromatic nitrogens is 4. The van der Waals surface area contributed by atoms with Gasteiger partial charge >= 0.3 is 6.09 Å². The number of amides is 1. The predicted molar refractivity (Wildman–Crippen MR) is 250 cm³/mol. The average molecular weight is 919 g/mol. The van der Waals surface area contributed by atoms with Crippen LogP contribution in [-0.4, -0.2) is 101 Å². The maximum absolute atomic E-state index is 12.2. The van der Waals surface area contributed by atoms with E-state index < -0.39 is 6.09 Å². The van der Waals surface area contributed by atoms with E-state index >= 15 is 0 Å². The fourth-order valence-corrected chi connectivity index (χ4v) is 9.59. The standard InChI is InChI=1S/C51H54N10O7/c1-30(2)65-45-16-10-32(25-34(45)27-52)49-57-47(59-67-49)41-8-4-6-39-37(41)12-14-43(39)55-19-21-61-20-18-54-36(29-61)24-31(3)66-46-17-11-33(26-35(46)28-53)50-58-48(60-68-50)42-9-5-7-40-38(42)13-15-44(40)56-51(63)64-23-22-62/h4-11,16-17,25-26,30-31,36,43-44,54-55,62H,12-15,18-24,29H2,1-3H3,(H,56,63)/t31?,36?,43?,44-/m0/s1. The predicted octanol–water partition coefficient (Wildman–Crippen LogP) is 7.07.